The first kappa shape index (κ1) is 21.2. The molecule has 1 aromatic rings. The third-order valence-corrected chi connectivity index (χ3v) is 4.56. The quantitative estimate of drug-likeness (QED) is 0.693. The molecule has 2 N–H and O–H groups in total. The Balaban J connectivity index is 2.14. The molecule has 0 aromatic heterocycles. The number of hydrogen-bond donors (Lipinski definition) is 2. The van der Waals surface area contributed by atoms with Crippen molar-refractivity contribution in [2.24, 2.45) is 5.92 Å². The van der Waals surface area contributed by atoms with Gasteiger partial charge in [0.05, 0.1) is 25.4 Å². The van der Waals surface area contributed by atoms with Crippen LogP contribution in [0.5, 0.6) is 0 Å². The third kappa shape index (κ3) is 5.94. The van der Waals surface area contributed by atoms with E-state index in [2.05, 4.69) is 5.32 Å². The van der Waals surface area contributed by atoms with Crippen LogP contribution < -0.4 is 5.32 Å². The molecule has 1 heterocycles. The SMILES string of the molecule is CC(C)CC(NCC1(OCCO)CCOC1)c1cccc(C(F)(F)F)c1. The first-order chi connectivity index (χ1) is 12.3. The minimum Gasteiger partial charge on any atom is -0.394 e. The first-order valence-corrected chi connectivity index (χ1v) is 8.99. The Labute approximate surface area is 152 Å². The van der Waals surface area contributed by atoms with Gasteiger partial charge in [0.25, 0.3) is 0 Å². The fourth-order valence-corrected chi connectivity index (χ4v) is 3.20. The van der Waals surface area contributed by atoms with Crippen molar-refractivity contribution >= 4 is 0 Å². The molecule has 1 aliphatic heterocycles. The predicted octanol–water partition coefficient (Wildman–Crippen LogP) is 3.55. The van der Waals surface area contributed by atoms with E-state index in [1.165, 1.54) is 12.1 Å². The number of nitrogens with one attached hydrogen (secondary N) is 1. The second kappa shape index (κ2) is 9.17. The Morgan fingerprint density at radius 1 is 1.35 bits per heavy atom. The molecule has 2 atom stereocenters. The van der Waals surface area contributed by atoms with Crippen LogP contribution in [0, 0.1) is 5.92 Å². The monoisotopic (exact) mass is 375 g/mol. The highest BCUT2D eigenvalue weighted by atomic mass is 19.4. The molecule has 0 saturated carbocycles. The maximum absolute atomic E-state index is 13.0. The van der Waals surface area contributed by atoms with Crippen molar-refractivity contribution in [2.75, 3.05) is 33.0 Å². The summed E-state index contributed by atoms with van der Waals surface area (Å²) in [5.41, 5.74) is -0.565. The molecule has 26 heavy (non-hydrogen) atoms. The Bertz CT molecular complexity index is 557. The van der Waals surface area contributed by atoms with E-state index in [0.717, 1.165) is 6.07 Å². The zero-order chi connectivity index (χ0) is 19.2. The molecule has 148 valence electrons. The molecule has 1 saturated heterocycles. The highest BCUT2D eigenvalue weighted by Crippen LogP contribution is 2.32. The lowest BCUT2D eigenvalue weighted by Gasteiger charge is -2.31. The zero-order valence-corrected chi connectivity index (χ0v) is 15.3. The standard InChI is InChI=1S/C19H28F3NO3/c1-14(2)10-17(15-4-3-5-16(11-15)19(20,21)22)23-12-18(26-9-7-24)6-8-25-13-18/h3-5,11,14,17,23-24H,6-10,12-13H2,1-2H3. The van der Waals surface area contributed by atoms with E-state index in [1.807, 2.05) is 13.8 Å². The summed E-state index contributed by atoms with van der Waals surface area (Å²) in [5.74, 6) is 0.316. The minimum atomic E-state index is -4.36. The van der Waals surface area contributed by atoms with Crippen LogP contribution in [0.4, 0.5) is 13.2 Å². The van der Waals surface area contributed by atoms with Crippen molar-refractivity contribution in [3.63, 3.8) is 0 Å². The lowest BCUT2D eigenvalue weighted by molar-refractivity contribution is -0.137. The second-order valence-electron chi connectivity index (χ2n) is 7.24. The van der Waals surface area contributed by atoms with Crippen molar-refractivity contribution in [3.05, 3.63) is 35.4 Å². The van der Waals surface area contributed by atoms with Crippen LogP contribution in [0.2, 0.25) is 0 Å². The van der Waals surface area contributed by atoms with E-state index in [1.54, 1.807) is 6.07 Å². The zero-order valence-electron chi connectivity index (χ0n) is 15.3. The molecule has 0 radical (unpaired) electrons. The van der Waals surface area contributed by atoms with Gasteiger partial charge in [-0.05, 0) is 30.0 Å². The number of hydrogen-bond acceptors (Lipinski definition) is 4. The molecule has 2 unspecified atom stereocenters. The summed E-state index contributed by atoms with van der Waals surface area (Å²) in [6, 6.07) is 5.26. The summed E-state index contributed by atoms with van der Waals surface area (Å²) < 4.78 is 50.4. The van der Waals surface area contributed by atoms with E-state index in [4.69, 9.17) is 14.6 Å². The summed E-state index contributed by atoms with van der Waals surface area (Å²) >= 11 is 0. The van der Waals surface area contributed by atoms with Crippen LogP contribution in [0.1, 0.15) is 43.9 Å². The van der Waals surface area contributed by atoms with Gasteiger partial charge < -0.3 is 19.9 Å². The van der Waals surface area contributed by atoms with Crippen molar-refractivity contribution < 1.29 is 27.8 Å². The van der Waals surface area contributed by atoms with Crippen LogP contribution in [-0.2, 0) is 15.7 Å². The molecule has 1 aliphatic rings. The third-order valence-electron chi connectivity index (χ3n) is 4.56. The van der Waals surface area contributed by atoms with Gasteiger partial charge in [-0.3, -0.25) is 0 Å². The number of ether oxygens (including phenoxy) is 2. The molecule has 0 amide bonds. The van der Waals surface area contributed by atoms with Crippen molar-refractivity contribution in [3.8, 4) is 0 Å². The number of halogens is 3. The van der Waals surface area contributed by atoms with Crippen LogP contribution in [0.25, 0.3) is 0 Å². The first-order valence-electron chi connectivity index (χ1n) is 8.99. The largest absolute Gasteiger partial charge is 0.416 e. The van der Waals surface area contributed by atoms with Gasteiger partial charge in [0.1, 0.15) is 5.60 Å². The van der Waals surface area contributed by atoms with Gasteiger partial charge in [0, 0.05) is 25.6 Å². The van der Waals surface area contributed by atoms with E-state index >= 15 is 0 Å². The number of benzene rings is 1. The van der Waals surface area contributed by atoms with E-state index < -0.39 is 17.3 Å². The number of rotatable bonds is 9. The second-order valence-corrected chi connectivity index (χ2v) is 7.24. The highest BCUT2D eigenvalue weighted by molar-refractivity contribution is 5.28. The molecular weight excluding hydrogens is 347 g/mol. The Morgan fingerprint density at radius 3 is 2.69 bits per heavy atom. The van der Waals surface area contributed by atoms with Gasteiger partial charge in [0.15, 0.2) is 0 Å². The summed E-state index contributed by atoms with van der Waals surface area (Å²) in [6.07, 6.45) is -2.96. The van der Waals surface area contributed by atoms with Crippen molar-refractivity contribution in [1.29, 1.82) is 0 Å². The average molecular weight is 375 g/mol. The number of aliphatic hydroxyl groups is 1. The highest BCUT2D eigenvalue weighted by Gasteiger charge is 2.37. The van der Waals surface area contributed by atoms with E-state index in [0.29, 0.717) is 44.1 Å². The van der Waals surface area contributed by atoms with Gasteiger partial charge >= 0.3 is 6.18 Å². The smallest absolute Gasteiger partial charge is 0.394 e. The van der Waals surface area contributed by atoms with Gasteiger partial charge in [-0.25, -0.2) is 0 Å². The van der Waals surface area contributed by atoms with Crippen LogP contribution >= 0.6 is 0 Å². The number of aliphatic hydroxyl groups excluding tert-OH is 1. The molecule has 0 aliphatic carbocycles. The summed E-state index contributed by atoms with van der Waals surface area (Å²) in [5, 5.41) is 12.4. The average Bonchev–Trinajstić information content (AvgIpc) is 3.05. The van der Waals surface area contributed by atoms with Crippen LogP contribution in [0.3, 0.4) is 0 Å². The molecule has 4 nitrogen and oxygen atoms in total. The van der Waals surface area contributed by atoms with Crippen LogP contribution in [0.15, 0.2) is 24.3 Å². The Hall–Kier alpha value is -1.15. The maximum Gasteiger partial charge on any atom is 0.416 e. The van der Waals surface area contributed by atoms with Gasteiger partial charge in [-0.1, -0.05) is 26.0 Å². The Kier molecular flexibility index (Phi) is 7.46. The molecule has 7 heteroatoms. The van der Waals surface area contributed by atoms with Crippen LogP contribution in [-0.4, -0.2) is 43.7 Å². The minimum absolute atomic E-state index is 0.0786. The molecular formula is C19H28F3NO3. The lowest BCUT2D eigenvalue weighted by atomic mass is 9.94. The molecule has 0 bridgehead atoms. The number of alkyl halides is 3. The van der Waals surface area contributed by atoms with Gasteiger partial charge in [-0.2, -0.15) is 13.2 Å². The predicted molar refractivity (Wildman–Crippen MR) is 92.8 cm³/mol. The summed E-state index contributed by atoms with van der Waals surface area (Å²) in [4.78, 5) is 0. The van der Waals surface area contributed by atoms with Gasteiger partial charge in [-0.15, -0.1) is 0 Å². The van der Waals surface area contributed by atoms with Gasteiger partial charge in [0.2, 0.25) is 0 Å². The van der Waals surface area contributed by atoms with Crippen molar-refractivity contribution in [2.45, 2.75) is 44.5 Å². The fourth-order valence-electron chi connectivity index (χ4n) is 3.20. The van der Waals surface area contributed by atoms with E-state index in [-0.39, 0.29) is 19.3 Å². The Morgan fingerprint density at radius 2 is 2.12 bits per heavy atom. The van der Waals surface area contributed by atoms with Crippen molar-refractivity contribution in [1.82, 2.24) is 5.32 Å². The maximum atomic E-state index is 13.0. The topological polar surface area (TPSA) is 50.7 Å². The summed E-state index contributed by atoms with van der Waals surface area (Å²) in [6.45, 7) is 5.66. The molecule has 0 spiro atoms. The van der Waals surface area contributed by atoms with E-state index in [9.17, 15) is 13.2 Å². The molecule has 2 rings (SSSR count). The molecule has 1 aromatic carbocycles. The molecule has 1 fully saturated rings. The fraction of sp³-hybridized carbons (Fsp3) is 0.684. The summed E-state index contributed by atoms with van der Waals surface area (Å²) in [7, 11) is 0. The normalized spacial score (nSPS) is 22.1. The lowest BCUT2D eigenvalue weighted by Crippen LogP contribution is -2.45.